The number of ether oxygens (including phenoxy) is 1. The maximum absolute atomic E-state index is 6.28. The van der Waals surface area contributed by atoms with Crippen molar-refractivity contribution in [1.29, 1.82) is 0 Å². The van der Waals surface area contributed by atoms with Gasteiger partial charge in [0, 0.05) is 32.8 Å². The van der Waals surface area contributed by atoms with Crippen molar-refractivity contribution in [1.82, 2.24) is 9.80 Å². The van der Waals surface area contributed by atoms with E-state index in [1.54, 1.807) is 0 Å². The van der Waals surface area contributed by atoms with E-state index in [4.69, 9.17) is 9.73 Å². The van der Waals surface area contributed by atoms with Gasteiger partial charge in [0.1, 0.15) is 0 Å². The second kappa shape index (κ2) is 10.6. The lowest BCUT2D eigenvalue weighted by molar-refractivity contribution is -0.00676. The Bertz CT molecular complexity index is 580. The fourth-order valence-corrected chi connectivity index (χ4v) is 4.57. The van der Waals surface area contributed by atoms with Crippen LogP contribution in [0.4, 0.5) is 0 Å². The number of piperidine rings is 1. The predicted octanol–water partition coefficient (Wildman–Crippen LogP) is 4.54. The fraction of sp³-hybridized carbons (Fsp3) is 0.682. The van der Waals surface area contributed by atoms with Crippen LogP contribution in [0.15, 0.2) is 35.3 Å². The highest BCUT2D eigenvalue weighted by molar-refractivity contribution is 14.0. The van der Waals surface area contributed by atoms with Crippen LogP contribution < -0.4 is 0 Å². The number of rotatable bonds is 5. The number of halogens is 1. The van der Waals surface area contributed by atoms with Gasteiger partial charge >= 0.3 is 0 Å². The summed E-state index contributed by atoms with van der Waals surface area (Å²) in [6, 6.07) is 10.7. The van der Waals surface area contributed by atoms with Crippen molar-refractivity contribution in [3.8, 4) is 0 Å². The summed E-state index contributed by atoms with van der Waals surface area (Å²) in [5.41, 5.74) is 1.37. The lowest BCUT2D eigenvalue weighted by Crippen LogP contribution is -2.47. The Labute approximate surface area is 181 Å². The molecule has 0 amide bonds. The van der Waals surface area contributed by atoms with Gasteiger partial charge in [-0.05, 0) is 37.2 Å². The number of hydrogen-bond donors (Lipinski definition) is 0. The average Bonchev–Trinajstić information content (AvgIpc) is 3.16. The van der Waals surface area contributed by atoms with Gasteiger partial charge in [-0.1, -0.05) is 49.6 Å². The highest BCUT2D eigenvalue weighted by Gasteiger charge is 2.28. The minimum atomic E-state index is 0. The lowest BCUT2D eigenvalue weighted by Gasteiger charge is -2.37. The van der Waals surface area contributed by atoms with Gasteiger partial charge in [-0.2, -0.15) is 0 Å². The number of likely N-dealkylation sites (tertiary alicyclic amines) is 1. The Morgan fingerprint density at radius 3 is 2.41 bits per heavy atom. The van der Waals surface area contributed by atoms with E-state index in [2.05, 4.69) is 40.1 Å². The molecule has 2 fully saturated rings. The van der Waals surface area contributed by atoms with Crippen LogP contribution in [-0.4, -0.2) is 54.6 Å². The Morgan fingerprint density at radius 2 is 1.67 bits per heavy atom. The molecule has 0 aromatic heterocycles. The van der Waals surface area contributed by atoms with Crippen LogP contribution in [-0.2, 0) is 11.3 Å². The number of benzene rings is 1. The number of hydrogen-bond acceptors (Lipinski definition) is 4. The van der Waals surface area contributed by atoms with E-state index in [1.807, 2.05) is 0 Å². The van der Waals surface area contributed by atoms with Crippen LogP contribution in [0.5, 0.6) is 0 Å². The van der Waals surface area contributed by atoms with E-state index in [9.17, 15) is 0 Å². The van der Waals surface area contributed by atoms with Gasteiger partial charge in [0.25, 0.3) is 0 Å². The molecule has 1 aliphatic carbocycles. The third kappa shape index (κ3) is 5.83. The maximum atomic E-state index is 6.28. The molecule has 0 spiro atoms. The highest BCUT2D eigenvalue weighted by atomic mass is 127. The zero-order chi connectivity index (χ0) is 17.6. The zero-order valence-electron chi connectivity index (χ0n) is 16.4. The van der Waals surface area contributed by atoms with Gasteiger partial charge in [0.2, 0.25) is 0 Å². The molecule has 1 aromatic carbocycles. The monoisotopic (exact) mass is 483 g/mol. The molecule has 27 heavy (non-hydrogen) atoms. The summed E-state index contributed by atoms with van der Waals surface area (Å²) in [6.45, 7) is 6.10. The summed E-state index contributed by atoms with van der Waals surface area (Å²) < 4.78 is 6.28. The molecule has 1 saturated heterocycles. The van der Waals surface area contributed by atoms with Gasteiger partial charge in [-0.3, -0.25) is 4.99 Å². The first-order chi connectivity index (χ1) is 12.9. The quantitative estimate of drug-likeness (QED) is 0.576. The molecule has 4 rings (SSSR count). The van der Waals surface area contributed by atoms with Gasteiger partial charge in [0.15, 0.2) is 5.96 Å². The van der Waals surface area contributed by atoms with Crippen LogP contribution in [0.25, 0.3) is 0 Å². The summed E-state index contributed by atoms with van der Waals surface area (Å²) in [6.07, 6.45) is 9.74. The molecule has 150 valence electrons. The smallest absolute Gasteiger partial charge is 0.197 e. The molecule has 2 heterocycles. The van der Waals surface area contributed by atoms with Crippen molar-refractivity contribution in [2.24, 2.45) is 10.9 Å². The largest absolute Gasteiger partial charge is 0.378 e. The molecular formula is C22H34IN3O. The summed E-state index contributed by atoms with van der Waals surface area (Å²) in [5, 5.41) is 0. The molecule has 5 heteroatoms. The molecule has 1 aromatic rings. The highest BCUT2D eigenvalue weighted by Crippen LogP contribution is 2.25. The van der Waals surface area contributed by atoms with Crippen molar-refractivity contribution < 1.29 is 4.74 Å². The molecule has 0 unspecified atom stereocenters. The third-order valence-corrected chi connectivity index (χ3v) is 6.14. The SMILES string of the molecule is I.c1ccc(CN2CCN=C2N2CCC(OCC3CCCCC3)CC2)cc1. The number of aliphatic imine (C=N–C) groups is 1. The summed E-state index contributed by atoms with van der Waals surface area (Å²) in [4.78, 5) is 9.73. The van der Waals surface area contributed by atoms with Crippen LogP contribution in [0, 0.1) is 5.92 Å². The van der Waals surface area contributed by atoms with Crippen LogP contribution in [0.1, 0.15) is 50.5 Å². The van der Waals surface area contributed by atoms with E-state index >= 15 is 0 Å². The Kier molecular flexibility index (Phi) is 8.24. The first-order valence-corrected chi connectivity index (χ1v) is 10.6. The first kappa shape index (κ1) is 20.9. The molecular weight excluding hydrogens is 449 g/mol. The first-order valence-electron chi connectivity index (χ1n) is 10.6. The molecule has 2 aliphatic heterocycles. The summed E-state index contributed by atoms with van der Waals surface area (Å²) in [5.74, 6) is 2.03. The van der Waals surface area contributed by atoms with E-state index < -0.39 is 0 Å². The van der Waals surface area contributed by atoms with Crippen molar-refractivity contribution in [3.63, 3.8) is 0 Å². The fourth-order valence-electron chi connectivity index (χ4n) is 4.57. The zero-order valence-corrected chi connectivity index (χ0v) is 18.7. The molecule has 0 atom stereocenters. The van der Waals surface area contributed by atoms with Crippen molar-refractivity contribution in [3.05, 3.63) is 35.9 Å². The minimum absolute atomic E-state index is 0. The molecule has 1 saturated carbocycles. The third-order valence-electron chi connectivity index (χ3n) is 6.14. The number of guanidine groups is 1. The van der Waals surface area contributed by atoms with E-state index in [0.29, 0.717) is 6.10 Å². The van der Waals surface area contributed by atoms with Crippen molar-refractivity contribution in [2.45, 2.75) is 57.6 Å². The van der Waals surface area contributed by atoms with Gasteiger partial charge < -0.3 is 14.5 Å². The average molecular weight is 483 g/mol. The number of nitrogens with zero attached hydrogens (tertiary/aromatic N) is 3. The Balaban J connectivity index is 0.00000210. The molecule has 0 N–H and O–H groups in total. The standard InChI is InChI=1S/C22H33N3O.HI/c1-3-7-19(8-4-1)17-25-16-13-23-22(25)24-14-11-21(12-15-24)26-18-20-9-5-2-6-10-20;/h1,3-4,7-8,20-21H,2,5-6,9-18H2;1H. The van der Waals surface area contributed by atoms with E-state index in [1.165, 1.54) is 43.6 Å². The van der Waals surface area contributed by atoms with E-state index in [0.717, 1.165) is 58.1 Å². The Morgan fingerprint density at radius 1 is 0.926 bits per heavy atom. The van der Waals surface area contributed by atoms with Crippen LogP contribution in [0.2, 0.25) is 0 Å². The summed E-state index contributed by atoms with van der Waals surface area (Å²) >= 11 is 0. The summed E-state index contributed by atoms with van der Waals surface area (Å²) in [7, 11) is 0. The van der Waals surface area contributed by atoms with Gasteiger partial charge in [0.05, 0.1) is 12.6 Å². The van der Waals surface area contributed by atoms with Crippen LogP contribution >= 0.6 is 24.0 Å². The topological polar surface area (TPSA) is 28.1 Å². The second-order valence-electron chi connectivity index (χ2n) is 8.11. The molecule has 0 bridgehead atoms. The van der Waals surface area contributed by atoms with E-state index in [-0.39, 0.29) is 24.0 Å². The van der Waals surface area contributed by atoms with Crippen LogP contribution in [0.3, 0.4) is 0 Å². The second-order valence-corrected chi connectivity index (χ2v) is 8.11. The normalized spacial score (nSPS) is 21.9. The molecule has 0 radical (unpaired) electrons. The molecule has 4 nitrogen and oxygen atoms in total. The van der Waals surface area contributed by atoms with Crippen molar-refractivity contribution in [2.75, 3.05) is 32.8 Å². The van der Waals surface area contributed by atoms with Gasteiger partial charge in [-0.25, -0.2) is 0 Å². The minimum Gasteiger partial charge on any atom is -0.378 e. The lowest BCUT2D eigenvalue weighted by atomic mass is 9.90. The van der Waals surface area contributed by atoms with Gasteiger partial charge in [-0.15, -0.1) is 24.0 Å². The molecule has 3 aliphatic rings. The Hall–Kier alpha value is -0.820. The van der Waals surface area contributed by atoms with Crippen molar-refractivity contribution >= 4 is 29.9 Å². The predicted molar refractivity (Wildman–Crippen MR) is 122 cm³/mol. The maximum Gasteiger partial charge on any atom is 0.197 e.